The lowest BCUT2D eigenvalue weighted by atomic mass is 9.78. The molecule has 0 bridgehead atoms. The van der Waals surface area contributed by atoms with Crippen LogP contribution in [0.1, 0.15) is 19.3 Å². The van der Waals surface area contributed by atoms with Gasteiger partial charge in [0, 0.05) is 0 Å². The Morgan fingerprint density at radius 2 is 2.56 bits per heavy atom. The molecule has 0 aromatic heterocycles. The summed E-state index contributed by atoms with van der Waals surface area (Å²) in [6.45, 7) is 0. The Kier molecular flexibility index (Phi) is 0.949. The van der Waals surface area contributed by atoms with E-state index in [0.29, 0.717) is 6.04 Å². The van der Waals surface area contributed by atoms with E-state index in [9.17, 15) is 4.79 Å². The second kappa shape index (κ2) is 1.66. The zero-order valence-electron chi connectivity index (χ0n) is 5.26. The van der Waals surface area contributed by atoms with Gasteiger partial charge in [0.15, 0.2) is 5.92 Å². The summed E-state index contributed by atoms with van der Waals surface area (Å²) in [5, 5.41) is 2.87. The summed E-state index contributed by atoms with van der Waals surface area (Å²) in [4.78, 5) is 10.7. The summed E-state index contributed by atoms with van der Waals surface area (Å²) in [5.41, 5.74) is 0. The molecule has 0 radical (unpaired) electrons. The minimum atomic E-state index is 0.236. The number of amides is 1. The molecular formula is C7H10NO+. The highest BCUT2D eigenvalue weighted by Gasteiger charge is 2.47. The fraction of sp³-hybridized carbons (Fsp3) is 0.714. The Bertz CT molecular complexity index is 144. The third-order valence-electron chi connectivity index (χ3n) is 2.20. The van der Waals surface area contributed by atoms with Crippen LogP contribution in [0.15, 0.2) is 0 Å². The van der Waals surface area contributed by atoms with E-state index in [1.807, 2.05) is 0 Å². The van der Waals surface area contributed by atoms with Crippen molar-refractivity contribution in [3.63, 3.8) is 0 Å². The van der Waals surface area contributed by atoms with Gasteiger partial charge in [-0.25, -0.2) is 0 Å². The largest absolute Gasteiger partial charge is 0.344 e. The molecule has 9 heavy (non-hydrogen) atoms. The van der Waals surface area contributed by atoms with Crippen LogP contribution in [0, 0.1) is 12.3 Å². The van der Waals surface area contributed by atoms with E-state index in [1.54, 1.807) is 0 Å². The van der Waals surface area contributed by atoms with Crippen molar-refractivity contribution in [3.05, 3.63) is 6.42 Å². The van der Waals surface area contributed by atoms with E-state index in [-0.39, 0.29) is 11.8 Å². The van der Waals surface area contributed by atoms with Crippen LogP contribution in [0.4, 0.5) is 0 Å². The Morgan fingerprint density at radius 3 is 3.11 bits per heavy atom. The van der Waals surface area contributed by atoms with Gasteiger partial charge >= 0.3 is 0 Å². The molecule has 1 saturated heterocycles. The minimum Gasteiger partial charge on any atom is -0.344 e. The van der Waals surface area contributed by atoms with Gasteiger partial charge in [0.2, 0.25) is 0 Å². The Morgan fingerprint density at radius 1 is 1.67 bits per heavy atom. The van der Waals surface area contributed by atoms with Crippen molar-refractivity contribution in [2.24, 2.45) is 5.92 Å². The van der Waals surface area contributed by atoms with Crippen molar-refractivity contribution in [2.45, 2.75) is 25.3 Å². The number of carbonyl (C=O) groups excluding carboxylic acids is 1. The highest BCUT2D eigenvalue weighted by atomic mass is 16.2. The van der Waals surface area contributed by atoms with Crippen LogP contribution in [0.2, 0.25) is 0 Å². The van der Waals surface area contributed by atoms with Crippen molar-refractivity contribution in [2.75, 3.05) is 0 Å². The summed E-state index contributed by atoms with van der Waals surface area (Å²) < 4.78 is 0. The van der Waals surface area contributed by atoms with Crippen LogP contribution < -0.4 is 5.32 Å². The topological polar surface area (TPSA) is 29.1 Å². The monoisotopic (exact) mass is 124 g/mol. The number of fused-ring (bicyclic) bond motifs is 1. The van der Waals surface area contributed by atoms with E-state index in [1.165, 1.54) is 12.8 Å². The first kappa shape index (κ1) is 5.15. The molecule has 2 atom stereocenters. The lowest BCUT2D eigenvalue weighted by Gasteiger charge is -2.33. The molecule has 0 aromatic carbocycles. The zero-order chi connectivity index (χ0) is 6.27. The van der Waals surface area contributed by atoms with Crippen LogP contribution in [-0.2, 0) is 4.79 Å². The Labute approximate surface area is 54.6 Å². The van der Waals surface area contributed by atoms with Crippen LogP contribution in [0.3, 0.4) is 0 Å². The van der Waals surface area contributed by atoms with Gasteiger partial charge in [-0.05, 0) is 12.8 Å². The predicted molar refractivity (Wildman–Crippen MR) is 33.6 cm³/mol. The molecule has 1 unspecified atom stereocenters. The number of hydrogen-bond acceptors (Lipinski definition) is 1. The van der Waals surface area contributed by atoms with Crippen molar-refractivity contribution < 1.29 is 4.79 Å². The van der Waals surface area contributed by atoms with E-state index >= 15 is 0 Å². The molecule has 2 nitrogen and oxygen atoms in total. The second-order valence-corrected chi connectivity index (χ2v) is 2.81. The third kappa shape index (κ3) is 0.622. The molecule has 1 saturated carbocycles. The van der Waals surface area contributed by atoms with Gasteiger partial charge in [-0.3, -0.25) is 4.79 Å². The first-order chi connectivity index (χ1) is 4.38. The van der Waals surface area contributed by atoms with E-state index < -0.39 is 0 Å². The molecule has 1 amide bonds. The number of β-lactam (4-membered cyclic amide) rings is 1. The average Bonchev–Trinajstić information content (AvgIpc) is 1.86. The van der Waals surface area contributed by atoms with Crippen molar-refractivity contribution in [3.8, 4) is 0 Å². The van der Waals surface area contributed by atoms with E-state index in [0.717, 1.165) is 6.42 Å². The van der Waals surface area contributed by atoms with Gasteiger partial charge in [0.25, 0.3) is 5.91 Å². The molecule has 2 fully saturated rings. The molecule has 1 aliphatic heterocycles. The number of nitrogens with one attached hydrogen (secondary N) is 1. The van der Waals surface area contributed by atoms with Crippen molar-refractivity contribution in [1.82, 2.24) is 5.32 Å². The van der Waals surface area contributed by atoms with Crippen molar-refractivity contribution >= 4 is 5.91 Å². The number of carbonyl (C=O) groups is 1. The summed E-state index contributed by atoms with van der Waals surface area (Å²) in [7, 11) is 0. The second-order valence-electron chi connectivity index (χ2n) is 2.81. The third-order valence-corrected chi connectivity index (χ3v) is 2.20. The molecule has 1 aliphatic carbocycles. The summed E-state index contributed by atoms with van der Waals surface area (Å²) >= 11 is 0. The Hall–Kier alpha value is -0.660. The quantitative estimate of drug-likeness (QED) is 0.369. The Balaban J connectivity index is 2.01. The maximum atomic E-state index is 10.7. The molecule has 2 rings (SSSR count). The predicted octanol–water partition coefficient (Wildman–Crippen LogP) is 0.489. The lowest BCUT2D eigenvalue weighted by molar-refractivity contribution is -0.134. The molecule has 0 aromatic rings. The molecule has 1 N–H and O–H groups in total. The average molecular weight is 124 g/mol. The highest BCUT2D eigenvalue weighted by molar-refractivity contribution is 5.87. The minimum absolute atomic E-state index is 0.236. The fourth-order valence-electron chi connectivity index (χ4n) is 1.61. The van der Waals surface area contributed by atoms with Crippen LogP contribution in [-0.4, -0.2) is 11.9 Å². The van der Waals surface area contributed by atoms with Crippen LogP contribution in [0.5, 0.6) is 0 Å². The van der Waals surface area contributed by atoms with Gasteiger partial charge in [-0.1, -0.05) is 0 Å². The molecule has 2 aliphatic rings. The molecular weight excluding hydrogens is 114 g/mol. The normalized spacial score (nSPS) is 39.8. The number of rotatable bonds is 0. The lowest BCUT2D eigenvalue weighted by Crippen LogP contribution is -2.59. The van der Waals surface area contributed by atoms with Crippen LogP contribution >= 0.6 is 0 Å². The van der Waals surface area contributed by atoms with Crippen LogP contribution in [0.25, 0.3) is 0 Å². The maximum Gasteiger partial charge on any atom is 0.270 e. The first-order valence-electron chi connectivity index (χ1n) is 3.51. The van der Waals surface area contributed by atoms with Gasteiger partial charge in [-0.15, -0.1) is 0 Å². The maximum absolute atomic E-state index is 10.7. The molecule has 48 valence electrons. The molecule has 2 heteroatoms. The first-order valence-corrected chi connectivity index (χ1v) is 3.51. The van der Waals surface area contributed by atoms with E-state index in [2.05, 4.69) is 11.7 Å². The van der Waals surface area contributed by atoms with Crippen molar-refractivity contribution in [1.29, 1.82) is 0 Å². The van der Waals surface area contributed by atoms with Gasteiger partial charge in [-0.2, -0.15) is 0 Å². The van der Waals surface area contributed by atoms with Gasteiger partial charge in [0.1, 0.15) is 0 Å². The summed E-state index contributed by atoms with van der Waals surface area (Å²) in [6.07, 6.45) is 5.72. The zero-order valence-corrected chi connectivity index (χ0v) is 5.26. The summed E-state index contributed by atoms with van der Waals surface area (Å²) in [5.74, 6) is 0.512. The molecule has 1 heterocycles. The molecule has 0 spiro atoms. The van der Waals surface area contributed by atoms with E-state index in [4.69, 9.17) is 0 Å². The SMILES string of the molecule is O=C1N[C@@H]2CCC[CH+]C12. The summed E-state index contributed by atoms with van der Waals surface area (Å²) in [6, 6.07) is 0.506. The van der Waals surface area contributed by atoms with Gasteiger partial charge in [0.05, 0.1) is 18.9 Å². The fourth-order valence-corrected chi connectivity index (χ4v) is 1.61. The van der Waals surface area contributed by atoms with Gasteiger partial charge < -0.3 is 5.32 Å². The highest BCUT2D eigenvalue weighted by Crippen LogP contribution is 2.29. The smallest absolute Gasteiger partial charge is 0.270 e. The number of hydrogen-bond donors (Lipinski definition) is 1. The standard InChI is InChI=1S/C7H9NO/c9-7-5-3-1-2-4-6(5)8-7/h3,5-6H,1-2,4H2/p+1/t5?,6-/m1/s1.